The lowest BCUT2D eigenvalue weighted by atomic mass is 10.2. The van der Waals surface area contributed by atoms with Gasteiger partial charge in [-0.15, -0.1) is 0 Å². The van der Waals surface area contributed by atoms with E-state index in [9.17, 15) is 4.79 Å². The molecule has 0 aliphatic carbocycles. The highest BCUT2D eigenvalue weighted by Gasteiger charge is 2.13. The molecule has 1 N–H and O–H groups in total. The monoisotopic (exact) mass is 433 g/mol. The molecule has 136 valence electrons. The first-order chi connectivity index (χ1) is 12.6. The number of amides is 1. The fourth-order valence-electron chi connectivity index (χ4n) is 2.61. The molecule has 0 aliphatic rings. The summed E-state index contributed by atoms with van der Waals surface area (Å²) in [4.78, 5) is 17.0. The maximum atomic E-state index is 12.3. The van der Waals surface area contributed by atoms with Gasteiger partial charge in [0.15, 0.2) is 5.16 Å². The number of imidazole rings is 1. The van der Waals surface area contributed by atoms with Gasteiger partial charge in [0.05, 0.1) is 23.4 Å². The quantitative estimate of drug-likeness (QED) is 0.557. The molecule has 0 saturated heterocycles. The number of carbonyl (C=O) groups excluding carboxylic acids is 1. The summed E-state index contributed by atoms with van der Waals surface area (Å²) in [6, 6.07) is 13.7. The number of ether oxygens (including phenoxy) is 1. The maximum absolute atomic E-state index is 12.3. The van der Waals surface area contributed by atoms with Crippen molar-refractivity contribution in [3.05, 3.63) is 52.5 Å². The van der Waals surface area contributed by atoms with Crippen LogP contribution in [-0.4, -0.2) is 34.9 Å². The number of para-hydroxylation sites is 2. The van der Waals surface area contributed by atoms with Crippen LogP contribution < -0.4 is 5.32 Å². The molecule has 3 aromatic rings. The Labute approximate surface area is 165 Å². The van der Waals surface area contributed by atoms with E-state index in [1.807, 2.05) is 49.4 Å². The van der Waals surface area contributed by atoms with E-state index in [-0.39, 0.29) is 5.91 Å². The molecule has 1 amide bonds. The molecule has 0 spiro atoms. The zero-order valence-corrected chi connectivity index (χ0v) is 17.1. The molecule has 1 heterocycles. The van der Waals surface area contributed by atoms with Gasteiger partial charge >= 0.3 is 0 Å². The maximum Gasteiger partial charge on any atom is 0.234 e. The fraction of sp³-hybridized carbons (Fsp3) is 0.263. The molecule has 7 heteroatoms. The van der Waals surface area contributed by atoms with Crippen molar-refractivity contribution in [1.29, 1.82) is 0 Å². The number of hydrogen-bond acceptors (Lipinski definition) is 4. The number of anilines is 1. The molecule has 2 aromatic carbocycles. The second kappa shape index (κ2) is 8.70. The van der Waals surface area contributed by atoms with Crippen LogP contribution >= 0.6 is 27.7 Å². The van der Waals surface area contributed by atoms with Crippen LogP contribution in [0.2, 0.25) is 0 Å². The van der Waals surface area contributed by atoms with Crippen molar-refractivity contribution in [2.45, 2.75) is 18.6 Å². The molecule has 0 bridgehead atoms. The molecule has 0 fully saturated rings. The van der Waals surface area contributed by atoms with Crippen LogP contribution in [0, 0.1) is 6.92 Å². The smallest absolute Gasteiger partial charge is 0.234 e. The summed E-state index contributed by atoms with van der Waals surface area (Å²) >= 11 is 4.90. The van der Waals surface area contributed by atoms with Crippen molar-refractivity contribution in [3.8, 4) is 0 Å². The number of carbonyl (C=O) groups is 1. The Morgan fingerprint density at radius 3 is 2.88 bits per heavy atom. The average Bonchev–Trinajstić information content (AvgIpc) is 2.99. The van der Waals surface area contributed by atoms with Crippen LogP contribution in [0.15, 0.2) is 52.1 Å². The van der Waals surface area contributed by atoms with Gasteiger partial charge < -0.3 is 14.6 Å². The SMILES string of the molecule is COCCn1c(SCC(=O)Nc2ccc(Br)c(C)c2)nc2ccccc21. The van der Waals surface area contributed by atoms with E-state index in [1.165, 1.54) is 11.8 Å². The molecule has 5 nitrogen and oxygen atoms in total. The minimum absolute atomic E-state index is 0.0536. The number of fused-ring (bicyclic) bond motifs is 1. The zero-order valence-electron chi connectivity index (χ0n) is 14.7. The van der Waals surface area contributed by atoms with Gasteiger partial charge in [0.2, 0.25) is 5.91 Å². The lowest BCUT2D eigenvalue weighted by Gasteiger charge is -2.09. The van der Waals surface area contributed by atoms with Gasteiger partial charge in [-0.3, -0.25) is 4.79 Å². The van der Waals surface area contributed by atoms with E-state index in [1.54, 1.807) is 7.11 Å². The first-order valence-electron chi connectivity index (χ1n) is 8.21. The van der Waals surface area contributed by atoms with Crippen LogP contribution in [0.1, 0.15) is 5.56 Å². The molecular formula is C19H20BrN3O2S. The number of halogens is 1. The first-order valence-corrected chi connectivity index (χ1v) is 9.99. The normalized spacial score (nSPS) is 11.0. The third-order valence-corrected chi connectivity index (χ3v) is 5.78. The van der Waals surface area contributed by atoms with Crippen LogP contribution in [0.5, 0.6) is 0 Å². The highest BCUT2D eigenvalue weighted by molar-refractivity contribution is 9.10. The van der Waals surface area contributed by atoms with Crippen LogP contribution in [0.25, 0.3) is 11.0 Å². The molecule has 0 saturated carbocycles. The highest BCUT2D eigenvalue weighted by Crippen LogP contribution is 2.25. The largest absolute Gasteiger partial charge is 0.383 e. The number of methoxy groups -OCH3 is 1. The van der Waals surface area contributed by atoms with Crippen molar-refractivity contribution >= 4 is 50.3 Å². The molecule has 0 atom stereocenters. The summed E-state index contributed by atoms with van der Waals surface area (Å²) in [5, 5.41) is 3.76. The topological polar surface area (TPSA) is 56.1 Å². The summed E-state index contributed by atoms with van der Waals surface area (Å²) in [5.41, 5.74) is 3.85. The minimum Gasteiger partial charge on any atom is -0.383 e. The summed E-state index contributed by atoms with van der Waals surface area (Å²) in [6.45, 7) is 3.29. The average molecular weight is 434 g/mol. The zero-order chi connectivity index (χ0) is 18.5. The van der Waals surface area contributed by atoms with Gasteiger partial charge in [-0.25, -0.2) is 4.98 Å². The molecule has 1 aromatic heterocycles. The first kappa shape index (κ1) is 18.9. The van der Waals surface area contributed by atoms with Gasteiger partial charge in [0, 0.05) is 23.8 Å². The molecule has 3 rings (SSSR count). The molecular weight excluding hydrogens is 414 g/mol. The van der Waals surface area contributed by atoms with Crippen LogP contribution in [0.3, 0.4) is 0 Å². The van der Waals surface area contributed by atoms with Gasteiger partial charge in [-0.05, 0) is 42.8 Å². The number of aromatic nitrogens is 2. The number of benzene rings is 2. The van der Waals surface area contributed by atoms with Crippen molar-refractivity contribution in [1.82, 2.24) is 9.55 Å². The van der Waals surface area contributed by atoms with Crippen molar-refractivity contribution < 1.29 is 9.53 Å². The van der Waals surface area contributed by atoms with Crippen LogP contribution in [0.4, 0.5) is 5.69 Å². The molecule has 0 radical (unpaired) electrons. The van der Waals surface area contributed by atoms with E-state index < -0.39 is 0 Å². The van der Waals surface area contributed by atoms with E-state index in [0.717, 1.165) is 31.9 Å². The second-order valence-corrected chi connectivity index (χ2v) is 7.63. The Balaban J connectivity index is 1.70. The number of thioether (sulfide) groups is 1. The van der Waals surface area contributed by atoms with E-state index in [4.69, 9.17) is 4.74 Å². The Bertz CT molecular complexity index is 926. The van der Waals surface area contributed by atoms with Crippen molar-refractivity contribution in [2.24, 2.45) is 0 Å². The number of nitrogens with zero attached hydrogens (tertiary/aromatic N) is 2. The molecule has 0 aliphatic heterocycles. The van der Waals surface area contributed by atoms with Crippen LogP contribution in [-0.2, 0) is 16.1 Å². The summed E-state index contributed by atoms with van der Waals surface area (Å²) in [6.07, 6.45) is 0. The summed E-state index contributed by atoms with van der Waals surface area (Å²) < 4.78 is 8.33. The predicted molar refractivity (Wildman–Crippen MR) is 110 cm³/mol. The number of rotatable bonds is 7. The lowest BCUT2D eigenvalue weighted by molar-refractivity contribution is -0.113. The Kier molecular flexibility index (Phi) is 6.34. The Hall–Kier alpha value is -1.83. The van der Waals surface area contributed by atoms with Gasteiger partial charge in [-0.2, -0.15) is 0 Å². The number of hydrogen-bond donors (Lipinski definition) is 1. The van der Waals surface area contributed by atoms with Gasteiger partial charge in [-0.1, -0.05) is 39.8 Å². The molecule has 26 heavy (non-hydrogen) atoms. The van der Waals surface area contributed by atoms with E-state index in [0.29, 0.717) is 18.9 Å². The van der Waals surface area contributed by atoms with Crippen molar-refractivity contribution in [3.63, 3.8) is 0 Å². The summed E-state index contributed by atoms with van der Waals surface area (Å²) in [7, 11) is 1.68. The van der Waals surface area contributed by atoms with E-state index >= 15 is 0 Å². The number of aryl methyl sites for hydroxylation is 1. The van der Waals surface area contributed by atoms with Crippen molar-refractivity contribution in [2.75, 3.05) is 24.8 Å². The highest BCUT2D eigenvalue weighted by atomic mass is 79.9. The fourth-order valence-corrected chi connectivity index (χ4v) is 3.70. The summed E-state index contributed by atoms with van der Waals surface area (Å²) in [5.74, 6) is 0.243. The Morgan fingerprint density at radius 1 is 1.31 bits per heavy atom. The van der Waals surface area contributed by atoms with Gasteiger partial charge in [0.25, 0.3) is 0 Å². The predicted octanol–water partition coefficient (Wildman–Crippen LogP) is 4.48. The van der Waals surface area contributed by atoms with E-state index in [2.05, 4.69) is 30.8 Å². The lowest BCUT2D eigenvalue weighted by Crippen LogP contribution is -2.15. The second-order valence-electron chi connectivity index (χ2n) is 5.83. The number of nitrogens with one attached hydrogen (secondary N) is 1. The Morgan fingerprint density at radius 2 is 2.12 bits per heavy atom. The van der Waals surface area contributed by atoms with Gasteiger partial charge in [0.1, 0.15) is 0 Å². The standard InChI is InChI=1S/C19H20BrN3O2S/c1-13-11-14(7-8-15(13)20)21-18(24)12-26-19-22-16-5-3-4-6-17(16)23(19)9-10-25-2/h3-8,11H,9-10,12H2,1-2H3,(H,21,24). The third-order valence-electron chi connectivity index (χ3n) is 3.91. The molecule has 0 unspecified atom stereocenters. The minimum atomic E-state index is -0.0536. The third kappa shape index (κ3) is 4.47.